The number of carbonyl (C=O) groups excluding carboxylic acids is 3. The molecule has 0 saturated heterocycles. The summed E-state index contributed by atoms with van der Waals surface area (Å²) < 4.78 is 16.9. The SMILES string of the molecule is CC/C=C\C/C=C\C/C=C\C/C=C\C/C=C\C/C=C\CCC(=O)OC(COC(=O)CCCCCCC/C=C\C/C=C\C/C=C\CC)COC(=O)CCCCCCCCCCCCCCCCCCCCCCCCCCCCCCCC. The van der Waals surface area contributed by atoms with Crippen LogP contribution in [-0.4, -0.2) is 37.2 Å². The Morgan fingerprint density at radius 3 is 0.793 bits per heavy atom. The van der Waals surface area contributed by atoms with E-state index < -0.39 is 12.1 Å². The smallest absolute Gasteiger partial charge is 0.306 e. The molecule has 6 nitrogen and oxygen atoms in total. The number of unbranched alkanes of at least 4 members (excludes halogenated alkanes) is 34. The summed E-state index contributed by atoms with van der Waals surface area (Å²) in [5.74, 6) is -1.00. The lowest BCUT2D eigenvalue weighted by Crippen LogP contribution is -2.30. The molecule has 0 fully saturated rings. The molecule has 0 radical (unpaired) electrons. The van der Waals surface area contributed by atoms with Crippen LogP contribution in [0.2, 0.25) is 0 Å². The quantitative estimate of drug-likeness (QED) is 0.0261. The van der Waals surface area contributed by atoms with Crippen molar-refractivity contribution < 1.29 is 28.6 Å². The van der Waals surface area contributed by atoms with Gasteiger partial charge in [-0.25, -0.2) is 0 Å². The van der Waals surface area contributed by atoms with Crippen molar-refractivity contribution in [1.82, 2.24) is 0 Å². The van der Waals surface area contributed by atoms with Gasteiger partial charge < -0.3 is 14.2 Å². The van der Waals surface area contributed by atoms with Gasteiger partial charge in [0.25, 0.3) is 0 Å². The van der Waals surface area contributed by atoms with Gasteiger partial charge in [0.05, 0.1) is 0 Å². The highest BCUT2D eigenvalue weighted by molar-refractivity contribution is 5.71. The van der Waals surface area contributed by atoms with Gasteiger partial charge in [-0.05, 0) is 89.9 Å². The Kier molecular flexibility index (Phi) is 66.2. The number of rotatable bonds is 63. The first-order valence-corrected chi connectivity index (χ1v) is 34.9. The van der Waals surface area contributed by atoms with Crippen LogP contribution in [0.15, 0.2) is 109 Å². The Labute approximate surface area is 508 Å². The van der Waals surface area contributed by atoms with Crippen LogP contribution in [0.5, 0.6) is 0 Å². The molecule has 1 unspecified atom stereocenters. The van der Waals surface area contributed by atoms with Crippen molar-refractivity contribution in [3.05, 3.63) is 109 Å². The van der Waals surface area contributed by atoms with E-state index in [0.29, 0.717) is 19.3 Å². The normalized spacial score (nSPS) is 12.8. The van der Waals surface area contributed by atoms with Gasteiger partial charge in [0.2, 0.25) is 0 Å². The second kappa shape index (κ2) is 69.6. The van der Waals surface area contributed by atoms with Crippen LogP contribution in [0.3, 0.4) is 0 Å². The molecule has 82 heavy (non-hydrogen) atoms. The predicted octanol–water partition coefficient (Wildman–Crippen LogP) is 24.2. The summed E-state index contributed by atoms with van der Waals surface area (Å²) in [6.45, 7) is 6.38. The Balaban J connectivity index is 4.31. The van der Waals surface area contributed by atoms with Gasteiger partial charge in [-0.1, -0.05) is 336 Å². The van der Waals surface area contributed by atoms with E-state index in [2.05, 4.69) is 124 Å². The topological polar surface area (TPSA) is 78.9 Å². The fraction of sp³-hybridized carbons (Fsp3) is 0.724. The van der Waals surface area contributed by atoms with E-state index in [1.807, 2.05) is 6.08 Å². The number of esters is 3. The fourth-order valence-electron chi connectivity index (χ4n) is 9.90. The van der Waals surface area contributed by atoms with E-state index in [1.54, 1.807) is 0 Å². The maximum atomic E-state index is 12.9. The van der Waals surface area contributed by atoms with E-state index in [1.165, 1.54) is 173 Å². The number of hydrogen-bond acceptors (Lipinski definition) is 6. The van der Waals surface area contributed by atoms with Crippen LogP contribution in [0.25, 0.3) is 0 Å². The number of hydrogen-bond donors (Lipinski definition) is 0. The monoisotopic (exact) mass is 1140 g/mol. The lowest BCUT2D eigenvalue weighted by molar-refractivity contribution is -0.166. The Morgan fingerprint density at radius 2 is 0.500 bits per heavy atom. The van der Waals surface area contributed by atoms with Crippen molar-refractivity contribution in [3.8, 4) is 0 Å². The zero-order chi connectivity index (χ0) is 59.2. The molecule has 0 aliphatic heterocycles. The van der Waals surface area contributed by atoms with Crippen LogP contribution in [0.4, 0.5) is 0 Å². The molecule has 0 amide bonds. The molecule has 1 atom stereocenters. The molecular weight excluding hydrogens is 1010 g/mol. The third-order valence-corrected chi connectivity index (χ3v) is 15.0. The standard InChI is InChI=1S/C76H130O6/c1-4-7-10-13-16-19-22-25-28-30-32-33-34-35-36-37-38-39-40-41-42-44-45-48-51-54-57-60-63-66-69-75(78)81-72-73(71-80-74(77)68-65-62-59-56-53-50-47-27-24-21-18-15-12-9-6-3)82-76(79)70-67-64-61-58-55-52-49-46-43-31-29-26-23-20-17-14-11-8-5-2/h8-9,11-12,17-18,20-21,26-27,29,43,46-47,52,55,61,64,73H,4-7,10,13-16,19,22-25,28,30-42,44-45,48-51,53-54,56-60,62-63,65-72H2,1-3H3/b11-8-,12-9-,20-17-,21-18-,29-26-,46-43-,47-27-,55-52-,64-61-. The van der Waals surface area contributed by atoms with Crippen LogP contribution in [-0.2, 0) is 28.6 Å². The van der Waals surface area contributed by atoms with Gasteiger partial charge >= 0.3 is 17.9 Å². The Hall–Kier alpha value is -3.93. The first kappa shape index (κ1) is 78.1. The minimum Gasteiger partial charge on any atom is -0.462 e. The van der Waals surface area contributed by atoms with Crippen molar-refractivity contribution in [2.24, 2.45) is 0 Å². The lowest BCUT2D eigenvalue weighted by Gasteiger charge is -2.18. The Bertz CT molecular complexity index is 1640. The molecule has 0 aromatic heterocycles. The van der Waals surface area contributed by atoms with Gasteiger partial charge in [0, 0.05) is 19.3 Å². The molecule has 0 aromatic carbocycles. The molecule has 0 saturated carbocycles. The van der Waals surface area contributed by atoms with Gasteiger partial charge in [0.1, 0.15) is 13.2 Å². The number of allylic oxidation sites excluding steroid dienone is 18. The average Bonchev–Trinajstić information content (AvgIpc) is 3.47. The maximum Gasteiger partial charge on any atom is 0.306 e. The molecule has 0 N–H and O–H groups in total. The summed E-state index contributed by atoms with van der Waals surface area (Å²) in [6.07, 6.45) is 95.8. The van der Waals surface area contributed by atoms with Gasteiger partial charge in [-0.2, -0.15) is 0 Å². The highest BCUT2D eigenvalue weighted by Gasteiger charge is 2.19. The van der Waals surface area contributed by atoms with E-state index in [9.17, 15) is 14.4 Å². The zero-order valence-electron chi connectivity index (χ0n) is 54.0. The summed E-state index contributed by atoms with van der Waals surface area (Å²) in [5.41, 5.74) is 0. The molecule has 6 heteroatoms. The van der Waals surface area contributed by atoms with E-state index >= 15 is 0 Å². The first-order valence-electron chi connectivity index (χ1n) is 34.9. The zero-order valence-corrected chi connectivity index (χ0v) is 54.0. The van der Waals surface area contributed by atoms with Crippen LogP contribution < -0.4 is 0 Å². The van der Waals surface area contributed by atoms with Crippen LogP contribution >= 0.6 is 0 Å². The van der Waals surface area contributed by atoms with Crippen molar-refractivity contribution >= 4 is 17.9 Å². The lowest BCUT2D eigenvalue weighted by atomic mass is 10.0. The molecule has 0 bridgehead atoms. The van der Waals surface area contributed by atoms with Crippen molar-refractivity contribution in [3.63, 3.8) is 0 Å². The van der Waals surface area contributed by atoms with E-state index in [4.69, 9.17) is 14.2 Å². The minimum atomic E-state index is -0.828. The average molecular weight is 1140 g/mol. The summed E-state index contributed by atoms with van der Waals surface area (Å²) >= 11 is 0. The van der Waals surface area contributed by atoms with Crippen LogP contribution in [0, 0.1) is 0 Å². The first-order chi connectivity index (χ1) is 40.5. The summed E-state index contributed by atoms with van der Waals surface area (Å²) in [7, 11) is 0. The highest BCUT2D eigenvalue weighted by Crippen LogP contribution is 2.18. The van der Waals surface area contributed by atoms with Gasteiger partial charge in [0.15, 0.2) is 6.10 Å². The number of carbonyl (C=O) groups is 3. The van der Waals surface area contributed by atoms with E-state index in [-0.39, 0.29) is 31.6 Å². The molecule has 0 rings (SSSR count). The van der Waals surface area contributed by atoms with Crippen LogP contribution in [0.1, 0.15) is 335 Å². The highest BCUT2D eigenvalue weighted by atomic mass is 16.6. The fourth-order valence-corrected chi connectivity index (χ4v) is 9.90. The minimum absolute atomic E-state index is 0.113. The van der Waals surface area contributed by atoms with Gasteiger partial charge in [-0.3, -0.25) is 14.4 Å². The van der Waals surface area contributed by atoms with Crippen molar-refractivity contribution in [2.45, 2.75) is 341 Å². The third kappa shape index (κ3) is 66.9. The van der Waals surface area contributed by atoms with E-state index in [0.717, 1.165) is 116 Å². The summed E-state index contributed by atoms with van der Waals surface area (Å²) in [6, 6.07) is 0. The largest absolute Gasteiger partial charge is 0.462 e. The molecule has 0 spiro atoms. The second-order valence-electron chi connectivity index (χ2n) is 23.0. The number of ether oxygens (including phenoxy) is 3. The Morgan fingerprint density at radius 1 is 0.256 bits per heavy atom. The summed E-state index contributed by atoms with van der Waals surface area (Å²) in [4.78, 5) is 38.3. The molecular formula is C76H130O6. The predicted molar refractivity (Wildman–Crippen MR) is 357 cm³/mol. The third-order valence-electron chi connectivity index (χ3n) is 15.0. The molecule has 0 aliphatic carbocycles. The van der Waals surface area contributed by atoms with Crippen molar-refractivity contribution in [2.75, 3.05) is 13.2 Å². The molecule has 0 aromatic rings. The molecule has 0 heterocycles. The summed E-state index contributed by atoms with van der Waals surface area (Å²) in [5, 5.41) is 0. The second-order valence-corrected chi connectivity index (χ2v) is 23.0. The van der Waals surface area contributed by atoms with Gasteiger partial charge in [-0.15, -0.1) is 0 Å². The van der Waals surface area contributed by atoms with Crippen molar-refractivity contribution in [1.29, 1.82) is 0 Å². The maximum absolute atomic E-state index is 12.9. The molecule has 0 aliphatic rings. The molecule has 470 valence electrons.